The summed E-state index contributed by atoms with van der Waals surface area (Å²) in [5.74, 6) is 0.0142. The van der Waals surface area contributed by atoms with E-state index >= 15 is 0 Å². The Hall–Kier alpha value is -1.03. The minimum atomic E-state index is -0.792. The molecule has 1 N–H and O–H groups in total. The van der Waals surface area contributed by atoms with Gasteiger partial charge in [0.25, 0.3) is 0 Å². The van der Waals surface area contributed by atoms with Gasteiger partial charge in [-0.05, 0) is 26.2 Å². The van der Waals surface area contributed by atoms with Crippen LogP contribution < -0.4 is 5.32 Å². The first-order valence-electron chi connectivity index (χ1n) is 7.40. The van der Waals surface area contributed by atoms with Crippen LogP contribution in [0, 0.1) is 0 Å². The van der Waals surface area contributed by atoms with Gasteiger partial charge in [-0.1, -0.05) is 43.9 Å². The number of rotatable bonds is 3. The number of nitrogens with one attached hydrogen (secondary N) is 1. The first-order chi connectivity index (χ1) is 9.50. The lowest BCUT2D eigenvalue weighted by Crippen LogP contribution is -2.75. The summed E-state index contributed by atoms with van der Waals surface area (Å²) < 4.78 is 0. The molecule has 0 aromatic carbocycles. The maximum atomic E-state index is 12.8. The van der Waals surface area contributed by atoms with Crippen LogP contribution in [0.3, 0.4) is 0 Å². The second kappa shape index (κ2) is 5.76. The number of hydrogen-bond donors (Lipinski definition) is 1. The van der Waals surface area contributed by atoms with Gasteiger partial charge in [0.15, 0.2) is 0 Å². The Morgan fingerprint density at radius 2 is 1.95 bits per heavy atom. The Labute approximate surface area is 125 Å². The average Bonchev–Trinajstić information content (AvgIpc) is 2.46. The molecule has 4 nitrogen and oxygen atoms in total. The van der Waals surface area contributed by atoms with E-state index in [1.807, 2.05) is 6.92 Å². The lowest BCUT2D eigenvalue weighted by Gasteiger charge is -2.52. The molecule has 0 aromatic rings. The van der Waals surface area contributed by atoms with Gasteiger partial charge in [0.05, 0.1) is 0 Å². The van der Waals surface area contributed by atoms with Gasteiger partial charge in [0, 0.05) is 12.1 Å². The molecule has 2 aliphatic rings. The number of piperazine rings is 1. The highest BCUT2D eigenvalue weighted by Crippen LogP contribution is 2.39. The van der Waals surface area contributed by atoms with E-state index in [0.29, 0.717) is 13.0 Å². The highest BCUT2D eigenvalue weighted by atomic mass is 35.5. The molecule has 1 saturated carbocycles. The standard InChI is InChI=1S/C15H23ClN2O2/c1-3-14(2)13(20)18(11-7-10-16)15(12(19)17-14)8-5-4-6-9-15/h7,10H,3-6,8-9,11H2,1-2H3,(H,17,19)/b10-7+. The van der Waals surface area contributed by atoms with Crippen LogP contribution in [-0.4, -0.2) is 34.3 Å². The third-order valence-corrected chi connectivity index (χ3v) is 4.99. The van der Waals surface area contributed by atoms with Crippen LogP contribution in [0.15, 0.2) is 11.6 Å². The fourth-order valence-electron chi connectivity index (χ4n) is 3.31. The summed E-state index contributed by atoms with van der Waals surface area (Å²) >= 11 is 5.62. The van der Waals surface area contributed by atoms with Crippen molar-refractivity contribution in [2.45, 2.75) is 63.5 Å². The fraction of sp³-hybridized carbons (Fsp3) is 0.733. The van der Waals surface area contributed by atoms with Gasteiger partial charge in [-0.25, -0.2) is 0 Å². The van der Waals surface area contributed by atoms with E-state index in [-0.39, 0.29) is 11.8 Å². The quantitative estimate of drug-likeness (QED) is 0.870. The minimum Gasteiger partial charge on any atom is -0.340 e. The maximum Gasteiger partial charge on any atom is 0.249 e. The zero-order valence-electron chi connectivity index (χ0n) is 12.2. The molecule has 20 heavy (non-hydrogen) atoms. The first-order valence-corrected chi connectivity index (χ1v) is 7.84. The molecule has 2 rings (SSSR count). The van der Waals surface area contributed by atoms with E-state index in [9.17, 15) is 9.59 Å². The predicted octanol–water partition coefficient (Wildman–Crippen LogP) is 2.57. The molecule has 1 heterocycles. The van der Waals surface area contributed by atoms with Crippen molar-refractivity contribution in [1.29, 1.82) is 0 Å². The van der Waals surface area contributed by atoms with Gasteiger partial charge in [0.2, 0.25) is 11.8 Å². The normalized spacial score (nSPS) is 30.1. The number of nitrogens with zero attached hydrogens (tertiary/aromatic N) is 1. The molecular weight excluding hydrogens is 276 g/mol. The molecule has 1 spiro atoms. The molecule has 1 aliphatic carbocycles. The lowest BCUT2D eigenvalue weighted by molar-refractivity contribution is -0.164. The van der Waals surface area contributed by atoms with E-state index in [0.717, 1.165) is 32.1 Å². The van der Waals surface area contributed by atoms with Crippen LogP contribution in [0.25, 0.3) is 0 Å². The van der Waals surface area contributed by atoms with E-state index < -0.39 is 11.1 Å². The summed E-state index contributed by atoms with van der Waals surface area (Å²) in [6.07, 6.45) is 6.95. The molecule has 1 atom stereocenters. The summed E-state index contributed by atoms with van der Waals surface area (Å²) in [6.45, 7) is 4.14. The van der Waals surface area contributed by atoms with Gasteiger partial charge in [-0.3, -0.25) is 9.59 Å². The number of amides is 2. The lowest BCUT2D eigenvalue weighted by atomic mass is 9.75. The largest absolute Gasteiger partial charge is 0.340 e. The summed E-state index contributed by atoms with van der Waals surface area (Å²) in [5.41, 5.74) is -0.0417. The second-order valence-electron chi connectivity index (χ2n) is 6.01. The number of halogens is 1. The summed E-state index contributed by atoms with van der Waals surface area (Å²) in [6, 6.07) is 0. The highest BCUT2D eigenvalue weighted by molar-refractivity contribution is 6.25. The van der Waals surface area contributed by atoms with Gasteiger partial charge in [0.1, 0.15) is 11.1 Å². The van der Waals surface area contributed by atoms with E-state index in [1.54, 1.807) is 17.9 Å². The van der Waals surface area contributed by atoms with Crippen molar-refractivity contribution >= 4 is 23.4 Å². The van der Waals surface area contributed by atoms with Crippen LogP contribution in [-0.2, 0) is 9.59 Å². The Bertz CT molecular complexity index is 430. The van der Waals surface area contributed by atoms with Crippen molar-refractivity contribution in [3.8, 4) is 0 Å². The third kappa shape index (κ3) is 2.34. The Morgan fingerprint density at radius 3 is 2.50 bits per heavy atom. The molecule has 2 amide bonds. The zero-order chi connectivity index (χ0) is 14.8. The second-order valence-corrected chi connectivity index (χ2v) is 6.26. The van der Waals surface area contributed by atoms with Crippen LogP contribution in [0.4, 0.5) is 0 Å². The highest BCUT2D eigenvalue weighted by Gasteiger charge is 2.55. The molecule has 1 aliphatic heterocycles. The van der Waals surface area contributed by atoms with Crippen LogP contribution in [0.5, 0.6) is 0 Å². The number of carbonyl (C=O) groups excluding carboxylic acids is 2. The van der Waals surface area contributed by atoms with Gasteiger partial charge in [-0.2, -0.15) is 0 Å². The van der Waals surface area contributed by atoms with Crippen molar-refractivity contribution in [2.24, 2.45) is 0 Å². The smallest absolute Gasteiger partial charge is 0.249 e. The topological polar surface area (TPSA) is 49.4 Å². The monoisotopic (exact) mass is 298 g/mol. The van der Waals surface area contributed by atoms with Crippen molar-refractivity contribution < 1.29 is 9.59 Å². The van der Waals surface area contributed by atoms with Crippen LogP contribution >= 0.6 is 11.6 Å². The first kappa shape index (κ1) is 15.4. The van der Waals surface area contributed by atoms with Gasteiger partial charge in [-0.15, -0.1) is 0 Å². The molecule has 0 bridgehead atoms. The van der Waals surface area contributed by atoms with Gasteiger partial charge >= 0.3 is 0 Å². The Morgan fingerprint density at radius 1 is 1.30 bits per heavy atom. The number of hydrogen-bond acceptors (Lipinski definition) is 2. The number of carbonyl (C=O) groups is 2. The van der Waals surface area contributed by atoms with Crippen LogP contribution in [0.2, 0.25) is 0 Å². The van der Waals surface area contributed by atoms with Crippen molar-refractivity contribution in [3.05, 3.63) is 11.6 Å². The Kier molecular flexibility index (Phi) is 4.43. The van der Waals surface area contributed by atoms with Crippen LogP contribution in [0.1, 0.15) is 52.4 Å². The zero-order valence-corrected chi connectivity index (χ0v) is 13.0. The molecule has 112 valence electrons. The summed E-state index contributed by atoms with van der Waals surface area (Å²) in [7, 11) is 0. The molecule has 0 radical (unpaired) electrons. The summed E-state index contributed by atoms with van der Waals surface area (Å²) in [5, 5.41) is 2.97. The SMILES string of the molecule is CCC1(C)NC(=O)C2(CCCCC2)N(C/C=C/Cl)C1=O. The van der Waals surface area contributed by atoms with Gasteiger partial charge < -0.3 is 10.2 Å². The molecule has 2 fully saturated rings. The Balaban J connectivity index is 2.39. The molecule has 5 heteroatoms. The average molecular weight is 299 g/mol. The predicted molar refractivity (Wildman–Crippen MR) is 79.4 cm³/mol. The van der Waals surface area contributed by atoms with E-state index in [1.165, 1.54) is 5.54 Å². The maximum absolute atomic E-state index is 12.8. The van der Waals surface area contributed by atoms with E-state index in [4.69, 9.17) is 11.6 Å². The molecule has 1 saturated heterocycles. The van der Waals surface area contributed by atoms with Crippen molar-refractivity contribution in [1.82, 2.24) is 10.2 Å². The minimum absolute atomic E-state index is 0.00382. The molecular formula is C15H23ClN2O2. The summed E-state index contributed by atoms with van der Waals surface area (Å²) in [4.78, 5) is 27.3. The molecule has 1 unspecified atom stereocenters. The third-order valence-electron chi connectivity index (χ3n) is 4.81. The van der Waals surface area contributed by atoms with E-state index in [2.05, 4.69) is 5.32 Å². The van der Waals surface area contributed by atoms with Crippen molar-refractivity contribution in [2.75, 3.05) is 6.54 Å². The molecule has 0 aromatic heterocycles. The fourth-order valence-corrected chi connectivity index (χ4v) is 3.39. The van der Waals surface area contributed by atoms with Crippen molar-refractivity contribution in [3.63, 3.8) is 0 Å².